The number of anilines is 2. The van der Waals surface area contributed by atoms with Gasteiger partial charge in [-0.15, -0.1) is 0 Å². The molecule has 1 aliphatic rings. The highest BCUT2D eigenvalue weighted by Crippen LogP contribution is 2.39. The largest absolute Gasteiger partial charge is 0.497 e. The molecule has 0 saturated heterocycles. The molecule has 0 amide bonds. The van der Waals surface area contributed by atoms with Gasteiger partial charge in [-0.2, -0.15) is 5.10 Å². The molecule has 3 aromatic carbocycles. The third kappa shape index (κ3) is 7.40. The summed E-state index contributed by atoms with van der Waals surface area (Å²) in [6, 6.07) is 19.1. The molecule has 6 rings (SSSR count). The Kier molecular flexibility index (Phi) is 10.6. The van der Waals surface area contributed by atoms with E-state index in [0.29, 0.717) is 28.7 Å². The van der Waals surface area contributed by atoms with Gasteiger partial charge in [0.05, 0.1) is 37.2 Å². The molecule has 2 heterocycles. The third-order valence-electron chi connectivity index (χ3n) is 9.15. The van der Waals surface area contributed by atoms with E-state index < -0.39 is 20.7 Å². The summed E-state index contributed by atoms with van der Waals surface area (Å²) in [5.74, 6) is 0.354. The van der Waals surface area contributed by atoms with Crippen molar-refractivity contribution >= 4 is 33.1 Å². The van der Waals surface area contributed by atoms with Gasteiger partial charge in [0.15, 0.2) is 0 Å². The summed E-state index contributed by atoms with van der Waals surface area (Å²) in [6.07, 6.45) is 8.89. The highest BCUT2D eigenvalue weighted by Gasteiger charge is 2.35. The summed E-state index contributed by atoms with van der Waals surface area (Å²) in [4.78, 5) is 9.67. The van der Waals surface area contributed by atoms with Crippen LogP contribution in [0.3, 0.4) is 0 Å². The summed E-state index contributed by atoms with van der Waals surface area (Å²) >= 11 is 6.74. The van der Waals surface area contributed by atoms with Crippen LogP contribution in [0.4, 0.5) is 15.9 Å². The van der Waals surface area contributed by atoms with Crippen LogP contribution in [0.15, 0.2) is 96.5 Å². The van der Waals surface area contributed by atoms with E-state index in [2.05, 4.69) is 43.5 Å². The predicted octanol–water partition coefficient (Wildman–Crippen LogP) is 6.55. The molecule has 0 aliphatic heterocycles. The van der Waals surface area contributed by atoms with Crippen LogP contribution >= 0.6 is 11.6 Å². The minimum Gasteiger partial charge on any atom is -0.497 e. The molecule has 5 aromatic rings. The Morgan fingerprint density at radius 3 is 2.56 bits per heavy atom. The number of benzene rings is 3. The van der Waals surface area contributed by atoms with E-state index in [0.717, 1.165) is 41.4 Å². The van der Waals surface area contributed by atoms with Crippen LogP contribution in [0, 0.1) is 5.82 Å². The first-order chi connectivity index (χ1) is 24.1. The smallest absolute Gasteiger partial charge is 0.268 e. The van der Waals surface area contributed by atoms with Crippen molar-refractivity contribution in [1.82, 2.24) is 24.6 Å². The fraction of sp³-hybridized carbons (Fsp3) is 0.306. The van der Waals surface area contributed by atoms with Crippen molar-refractivity contribution in [1.29, 1.82) is 0 Å². The molecular formula is C36H39ClFN7O4S. The molecule has 3 atom stereocenters. The van der Waals surface area contributed by atoms with Crippen LogP contribution in [-0.4, -0.2) is 73.5 Å². The van der Waals surface area contributed by atoms with Gasteiger partial charge in [0.1, 0.15) is 34.4 Å². The van der Waals surface area contributed by atoms with E-state index in [1.807, 2.05) is 37.1 Å². The maximum absolute atomic E-state index is 16.0. The highest BCUT2D eigenvalue weighted by molar-refractivity contribution is 7.92. The van der Waals surface area contributed by atoms with E-state index >= 15 is 4.39 Å². The summed E-state index contributed by atoms with van der Waals surface area (Å²) in [5, 5.41) is 7.90. The van der Waals surface area contributed by atoms with E-state index in [1.54, 1.807) is 24.4 Å². The number of halogens is 2. The molecule has 0 unspecified atom stereocenters. The lowest BCUT2D eigenvalue weighted by atomic mass is 9.78. The first kappa shape index (κ1) is 35.1. The van der Waals surface area contributed by atoms with E-state index in [9.17, 15) is 8.42 Å². The fourth-order valence-electron chi connectivity index (χ4n) is 6.54. The van der Waals surface area contributed by atoms with E-state index in [1.165, 1.54) is 38.4 Å². The number of nitrogens with one attached hydrogen (secondary N) is 1. The van der Waals surface area contributed by atoms with Gasteiger partial charge in [0, 0.05) is 48.4 Å². The molecule has 0 bridgehead atoms. The Balaban J connectivity index is 1.25. The number of aromatic nitrogens is 4. The zero-order valence-corrected chi connectivity index (χ0v) is 29.8. The van der Waals surface area contributed by atoms with Gasteiger partial charge in [0.2, 0.25) is 0 Å². The molecule has 50 heavy (non-hydrogen) atoms. The van der Waals surface area contributed by atoms with Crippen LogP contribution in [-0.2, 0) is 16.6 Å². The number of hydrogen-bond acceptors (Lipinski definition) is 9. The summed E-state index contributed by atoms with van der Waals surface area (Å²) < 4.78 is 58.1. The number of ether oxygens (including phenoxy) is 2. The summed E-state index contributed by atoms with van der Waals surface area (Å²) in [6.45, 7) is -0.206. The SMILES string of the molecule is COc1ccc(CN(c2ccncn2)S(=O)(=O)c2cc(Cl)c(N[C@H]3CC[C@H](c4cccc(-n5cccn5)c4)C[C@@H]3N(C)C)cc2F)c(OC)c1. The predicted molar refractivity (Wildman–Crippen MR) is 191 cm³/mol. The van der Waals surface area contributed by atoms with Gasteiger partial charge in [0.25, 0.3) is 10.0 Å². The molecule has 14 heteroatoms. The summed E-state index contributed by atoms with van der Waals surface area (Å²) in [7, 11) is 2.52. The molecule has 2 aromatic heterocycles. The van der Waals surface area contributed by atoms with Gasteiger partial charge in [-0.05, 0) is 87.3 Å². The maximum atomic E-state index is 16.0. The van der Waals surface area contributed by atoms with Crippen molar-refractivity contribution in [3.05, 3.63) is 114 Å². The second kappa shape index (κ2) is 15.0. The lowest BCUT2D eigenvalue weighted by Crippen LogP contribution is -2.47. The molecular weight excluding hydrogens is 681 g/mol. The Hall–Kier alpha value is -4.72. The Bertz CT molecular complexity index is 2030. The maximum Gasteiger partial charge on any atom is 0.268 e. The first-order valence-corrected chi connectivity index (χ1v) is 17.9. The Morgan fingerprint density at radius 2 is 1.86 bits per heavy atom. The van der Waals surface area contributed by atoms with Gasteiger partial charge >= 0.3 is 0 Å². The minimum atomic E-state index is -4.52. The number of sulfonamides is 1. The van der Waals surface area contributed by atoms with Crippen LogP contribution in [0.5, 0.6) is 11.5 Å². The average molecular weight is 720 g/mol. The number of methoxy groups -OCH3 is 2. The third-order valence-corrected chi connectivity index (χ3v) is 11.2. The van der Waals surface area contributed by atoms with Gasteiger partial charge in [-0.3, -0.25) is 0 Å². The number of nitrogens with zero attached hydrogens (tertiary/aromatic N) is 6. The average Bonchev–Trinajstić information content (AvgIpc) is 3.68. The zero-order valence-electron chi connectivity index (χ0n) is 28.2. The molecule has 1 saturated carbocycles. The van der Waals surface area contributed by atoms with Crippen molar-refractivity contribution in [3.8, 4) is 17.2 Å². The lowest BCUT2D eigenvalue weighted by Gasteiger charge is -2.41. The lowest BCUT2D eigenvalue weighted by molar-refractivity contribution is 0.196. The van der Waals surface area contributed by atoms with Crippen molar-refractivity contribution in [3.63, 3.8) is 0 Å². The standard InChI is InChI=1S/C36H39ClFN7O4S/c1-43(2)33-18-25(24-7-5-8-27(17-24)44-16-6-14-41-44)10-12-31(33)42-32-21-30(38)35(20-29(32)37)50(46,47)45(36-13-15-39-23-40-36)22-26-9-11-28(48-3)19-34(26)49-4/h5-9,11,13-17,19-21,23,25,31,33,42H,10,12,18,22H2,1-4H3/t25-,31-,33-/m0/s1. The Labute approximate surface area is 296 Å². The molecule has 1 fully saturated rings. The molecule has 11 nitrogen and oxygen atoms in total. The molecule has 1 aliphatic carbocycles. The molecule has 0 spiro atoms. The minimum absolute atomic E-state index is 0.0522. The van der Waals surface area contributed by atoms with Crippen molar-refractivity contribution in [2.75, 3.05) is 37.9 Å². The van der Waals surface area contributed by atoms with Crippen molar-refractivity contribution in [2.45, 2.75) is 48.7 Å². The van der Waals surface area contributed by atoms with E-state index in [4.69, 9.17) is 21.1 Å². The second-order valence-electron chi connectivity index (χ2n) is 12.4. The molecule has 1 N–H and O–H groups in total. The fourth-order valence-corrected chi connectivity index (χ4v) is 8.30. The number of likely N-dealkylation sites (N-methyl/N-ethyl adjacent to an activating group) is 1. The first-order valence-electron chi connectivity index (χ1n) is 16.1. The number of rotatable bonds is 12. The normalized spacial score (nSPS) is 17.8. The topological polar surface area (TPSA) is 115 Å². The monoisotopic (exact) mass is 719 g/mol. The van der Waals surface area contributed by atoms with Crippen molar-refractivity contribution in [2.24, 2.45) is 0 Å². The Morgan fingerprint density at radius 1 is 1.02 bits per heavy atom. The van der Waals surface area contributed by atoms with E-state index in [-0.39, 0.29) is 29.5 Å². The van der Waals surface area contributed by atoms with Crippen LogP contribution in [0.25, 0.3) is 5.69 Å². The summed E-state index contributed by atoms with van der Waals surface area (Å²) in [5.41, 5.74) is 3.08. The second-order valence-corrected chi connectivity index (χ2v) is 14.6. The van der Waals surface area contributed by atoms with Gasteiger partial charge < -0.3 is 19.7 Å². The number of hydrogen-bond donors (Lipinski definition) is 1. The molecule has 262 valence electrons. The quantitative estimate of drug-likeness (QED) is 0.153. The van der Waals surface area contributed by atoms with Crippen LogP contribution in [0.1, 0.15) is 36.3 Å². The van der Waals surface area contributed by atoms with Crippen LogP contribution < -0.4 is 19.1 Å². The highest BCUT2D eigenvalue weighted by atomic mass is 35.5. The molecule has 0 radical (unpaired) electrons. The van der Waals surface area contributed by atoms with Gasteiger partial charge in [-0.1, -0.05) is 23.7 Å². The van der Waals surface area contributed by atoms with Crippen LogP contribution in [0.2, 0.25) is 5.02 Å². The zero-order chi connectivity index (χ0) is 35.4. The van der Waals surface area contributed by atoms with Crippen molar-refractivity contribution < 1.29 is 22.3 Å². The van der Waals surface area contributed by atoms with Gasteiger partial charge in [-0.25, -0.2) is 31.8 Å².